The average molecular weight is 462 g/mol. The zero-order chi connectivity index (χ0) is 23.5. The number of aromatic nitrogens is 2. The van der Waals surface area contributed by atoms with Crippen molar-refractivity contribution in [3.63, 3.8) is 0 Å². The zero-order valence-electron chi connectivity index (χ0n) is 19.2. The Balaban J connectivity index is 1.55. The first-order valence-corrected chi connectivity index (χ1v) is 11.8. The second-order valence-corrected chi connectivity index (χ2v) is 9.38. The summed E-state index contributed by atoms with van der Waals surface area (Å²) in [4.78, 5) is 30.9. The van der Waals surface area contributed by atoms with Crippen LogP contribution < -0.4 is 15.6 Å². The van der Waals surface area contributed by atoms with E-state index in [0.717, 1.165) is 16.9 Å². The van der Waals surface area contributed by atoms with Crippen molar-refractivity contribution in [3.8, 4) is 16.9 Å². The maximum Gasteiger partial charge on any atom is 0.263 e. The zero-order valence-corrected chi connectivity index (χ0v) is 20.0. The molecular weight excluding hydrogens is 434 g/mol. The van der Waals surface area contributed by atoms with Gasteiger partial charge in [-0.2, -0.15) is 0 Å². The van der Waals surface area contributed by atoms with E-state index in [4.69, 9.17) is 4.74 Å². The summed E-state index contributed by atoms with van der Waals surface area (Å²) in [7, 11) is 0. The highest BCUT2D eigenvalue weighted by atomic mass is 32.1. The van der Waals surface area contributed by atoms with Gasteiger partial charge in [0.15, 0.2) is 0 Å². The van der Waals surface area contributed by atoms with Gasteiger partial charge in [-0.25, -0.2) is 4.98 Å². The largest absolute Gasteiger partial charge is 0.491 e. The number of hydrogen-bond donors (Lipinski definition) is 1. The molecule has 1 amide bonds. The van der Waals surface area contributed by atoms with Crippen LogP contribution in [0.15, 0.2) is 65.0 Å². The van der Waals surface area contributed by atoms with Gasteiger partial charge >= 0.3 is 0 Å². The summed E-state index contributed by atoms with van der Waals surface area (Å²) in [5, 5.41) is 5.32. The maximum atomic E-state index is 13.2. The number of rotatable bonds is 7. The van der Waals surface area contributed by atoms with Crippen LogP contribution >= 0.6 is 11.3 Å². The molecule has 0 bridgehead atoms. The number of carbonyl (C=O) groups is 1. The Kier molecular flexibility index (Phi) is 6.60. The van der Waals surface area contributed by atoms with E-state index in [9.17, 15) is 9.59 Å². The minimum atomic E-state index is -0.297. The summed E-state index contributed by atoms with van der Waals surface area (Å²) < 4.78 is 6.97. The van der Waals surface area contributed by atoms with Gasteiger partial charge in [-0.15, -0.1) is 11.3 Å². The van der Waals surface area contributed by atoms with Crippen LogP contribution in [0.25, 0.3) is 21.3 Å². The van der Waals surface area contributed by atoms with Crippen LogP contribution in [0.2, 0.25) is 0 Å². The monoisotopic (exact) mass is 461 g/mol. The molecule has 33 heavy (non-hydrogen) atoms. The fourth-order valence-electron chi connectivity index (χ4n) is 3.58. The summed E-state index contributed by atoms with van der Waals surface area (Å²) in [6, 6.07) is 15.4. The normalized spacial score (nSPS) is 11.3. The minimum Gasteiger partial charge on any atom is -0.491 e. The lowest BCUT2D eigenvalue weighted by Gasteiger charge is -2.11. The van der Waals surface area contributed by atoms with Crippen molar-refractivity contribution in [1.82, 2.24) is 9.55 Å². The van der Waals surface area contributed by atoms with Crippen molar-refractivity contribution in [2.24, 2.45) is 0 Å². The number of benzene rings is 2. The highest BCUT2D eigenvalue weighted by molar-refractivity contribution is 7.17. The number of anilines is 1. The van der Waals surface area contributed by atoms with Gasteiger partial charge in [-0.3, -0.25) is 14.2 Å². The summed E-state index contributed by atoms with van der Waals surface area (Å²) in [5.74, 6) is 0.878. The Morgan fingerprint density at radius 3 is 2.39 bits per heavy atom. The highest BCUT2D eigenvalue weighted by Gasteiger charge is 2.15. The number of thiophene rings is 1. The number of ether oxygens (including phenoxy) is 1. The molecular formula is C26H27N3O3S. The SMILES string of the molecule is CC(C)Oc1ccc(NC(=O)Cn2cnc3scc(-c4ccc(C(C)C)cc4)c3c2=O)cc1. The maximum absolute atomic E-state index is 13.2. The van der Waals surface area contributed by atoms with E-state index in [-0.39, 0.29) is 24.1 Å². The summed E-state index contributed by atoms with van der Waals surface area (Å²) in [6.07, 6.45) is 1.52. The molecule has 2 aromatic heterocycles. The molecule has 170 valence electrons. The van der Waals surface area contributed by atoms with Gasteiger partial charge < -0.3 is 10.1 Å². The Labute approximate surface area is 196 Å². The molecule has 7 heteroatoms. The van der Waals surface area contributed by atoms with Crippen LogP contribution in [0.5, 0.6) is 5.75 Å². The van der Waals surface area contributed by atoms with Crippen molar-refractivity contribution in [3.05, 3.63) is 76.2 Å². The first-order chi connectivity index (χ1) is 15.8. The van der Waals surface area contributed by atoms with E-state index >= 15 is 0 Å². The van der Waals surface area contributed by atoms with Crippen LogP contribution in [-0.2, 0) is 11.3 Å². The molecule has 6 nitrogen and oxygen atoms in total. The van der Waals surface area contributed by atoms with Crippen molar-refractivity contribution in [2.75, 3.05) is 5.32 Å². The first-order valence-electron chi connectivity index (χ1n) is 11.0. The van der Waals surface area contributed by atoms with Crippen molar-refractivity contribution in [1.29, 1.82) is 0 Å². The van der Waals surface area contributed by atoms with Crippen molar-refractivity contribution >= 4 is 33.1 Å². The molecule has 0 saturated carbocycles. The molecule has 0 spiro atoms. The molecule has 4 rings (SSSR count). The highest BCUT2D eigenvalue weighted by Crippen LogP contribution is 2.31. The molecule has 0 fully saturated rings. The van der Waals surface area contributed by atoms with E-state index in [1.165, 1.54) is 27.8 Å². The van der Waals surface area contributed by atoms with Gasteiger partial charge in [-0.05, 0) is 55.2 Å². The van der Waals surface area contributed by atoms with Gasteiger partial charge in [0, 0.05) is 16.6 Å². The van der Waals surface area contributed by atoms with Crippen LogP contribution in [0.1, 0.15) is 39.2 Å². The number of fused-ring (bicyclic) bond motifs is 1. The van der Waals surface area contributed by atoms with Crippen LogP contribution in [0.3, 0.4) is 0 Å². The molecule has 0 aliphatic carbocycles. The standard InChI is InChI=1S/C26H27N3O3S/c1-16(2)18-5-7-19(8-6-18)22-14-33-25-24(22)26(31)29(15-27-25)13-23(30)28-20-9-11-21(12-10-20)32-17(3)4/h5-12,14-17H,13H2,1-4H3,(H,28,30). The first kappa shape index (κ1) is 22.7. The van der Waals surface area contributed by atoms with Crippen molar-refractivity contribution < 1.29 is 9.53 Å². The predicted molar refractivity (Wildman–Crippen MR) is 134 cm³/mol. The Morgan fingerprint density at radius 1 is 1.06 bits per heavy atom. The molecule has 0 atom stereocenters. The summed E-state index contributed by atoms with van der Waals surface area (Å²) in [5.41, 5.74) is 3.47. The number of hydrogen-bond acceptors (Lipinski definition) is 5. The number of carbonyl (C=O) groups excluding carboxylic acids is 1. The summed E-state index contributed by atoms with van der Waals surface area (Å²) in [6.45, 7) is 8.09. The smallest absolute Gasteiger partial charge is 0.263 e. The second kappa shape index (κ2) is 9.58. The number of nitrogens with zero attached hydrogens (tertiary/aromatic N) is 2. The summed E-state index contributed by atoms with van der Waals surface area (Å²) >= 11 is 1.43. The van der Waals surface area contributed by atoms with E-state index in [0.29, 0.717) is 21.8 Å². The molecule has 0 radical (unpaired) electrons. The van der Waals surface area contributed by atoms with Gasteiger partial charge in [0.1, 0.15) is 17.1 Å². The van der Waals surface area contributed by atoms with E-state index < -0.39 is 0 Å². The minimum absolute atomic E-state index is 0.0786. The number of amides is 1. The third-order valence-corrected chi connectivity index (χ3v) is 6.16. The van der Waals surface area contributed by atoms with Gasteiger partial charge in [0.25, 0.3) is 5.56 Å². The van der Waals surface area contributed by atoms with E-state index in [1.807, 2.05) is 31.4 Å². The van der Waals surface area contributed by atoms with E-state index in [2.05, 4.69) is 36.3 Å². The Bertz CT molecular complexity index is 1320. The molecule has 0 unspecified atom stereocenters. The number of nitrogens with one attached hydrogen (secondary N) is 1. The second-order valence-electron chi connectivity index (χ2n) is 8.52. The predicted octanol–water partition coefficient (Wildman–Crippen LogP) is 5.67. The molecule has 2 aromatic carbocycles. The lowest BCUT2D eigenvalue weighted by atomic mass is 9.99. The quantitative estimate of drug-likeness (QED) is 0.385. The molecule has 0 saturated heterocycles. The van der Waals surface area contributed by atoms with Gasteiger partial charge in [0.2, 0.25) is 5.91 Å². The lowest BCUT2D eigenvalue weighted by molar-refractivity contribution is -0.116. The molecule has 1 N–H and O–H groups in total. The average Bonchev–Trinajstić information content (AvgIpc) is 3.22. The Hall–Kier alpha value is -3.45. The third kappa shape index (κ3) is 5.14. The van der Waals surface area contributed by atoms with Crippen LogP contribution in [0.4, 0.5) is 5.69 Å². The van der Waals surface area contributed by atoms with Gasteiger partial charge in [0.05, 0.1) is 17.8 Å². The van der Waals surface area contributed by atoms with Crippen molar-refractivity contribution in [2.45, 2.75) is 46.3 Å². The fourth-order valence-corrected chi connectivity index (χ4v) is 4.49. The van der Waals surface area contributed by atoms with Crippen LogP contribution in [-0.4, -0.2) is 21.6 Å². The Morgan fingerprint density at radius 2 is 1.76 bits per heavy atom. The molecule has 0 aliphatic rings. The molecule has 2 heterocycles. The topological polar surface area (TPSA) is 73.2 Å². The van der Waals surface area contributed by atoms with E-state index in [1.54, 1.807) is 24.3 Å². The molecule has 0 aliphatic heterocycles. The third-order valence-electron chi connectivity index (χ3n) is 5.27. The molecule has 4 aromatic rings. The van der Waals surface area contributed by atoms with Crippen LogP contribution in [0, 0.1) is 0 Å². The van der Waals surface area contributed by atoms with Gasteiger partial charge in [-0.1, -0.05) is 38.1 Å². The fraction of sp³-hybridized carbons (Fsp3) is 0.269. The lowest BCUT2D eigenvalue weighted by Crippen LogP contribution is -2.27.